The van der Waals surface area contributed by atoms with Crippen LogP contribution in [0.15, 0.2) is 0 Å². The molecule has 1 aliphatic rings. The van der Waals surface area contributed by atoms with E-state index in [1.54, 1.807) is 0 Å². The highest BCUT2D eigenvalue weighted by Gasteiger charge is 2.23. The van der Waals surface area contributed by atoms with E-state index in [0.29, 0.717) is 19.2 Å². The minimum Gasteiger partial charge on any atom is -0.389 e. The number of aliphatic hydroxyl groups excluding tert-OH is 1. The van der Waals surface area contributed by atoms with Crippen LogP contribution >= 0.6 is 0 Å². The van der Waals surface area contributed by atoms with Gasteiger partial charge >= 0.3 is 0 Å². The summed E-state index contributed by atoms with van der Waals surface area (Å²) >= 11 is 0. The van der Waals surface area contributed by atoms with E-state index in [9.17, 15) is 5.11 Å². The Morgan fingerprint density at radius 1 is 1.33 bits per heavy atom. The zero-order valence-corrected chi connectivity index (χ0v) is 10.2. The maximum absolute atomic E-state index is 9.61. The first kappa shape index (κ1) is 12.9. The summed E-state index contributed by atoms with van der Waals surface area (Å²) in [6.07, 6.45) is 3.85. The first-order valence-electron chi connectivity index (χ1n) is 6.11. The summed E-state index contributed by atoms with van der Waals surface area (Å²) in [4.78, 5) is 0. The molecule has 3 heteroatoms. The number of aliphatic hydroxyl groups is 1. The summed E-state index contributed by atoms with van der Waals surface area (Å²) in [5.41, 5.74) is 0. The summed E-state index contributed by atoms with van der Waals surface area (Å²) in [5.74, 6) is 0.941. The Labute approximate surface area is 93.2 Å². The molecule has 2 atom stereocenters. The Kier molecular flexibility index (Phi) is 5.58. The van der Waals surface area contributed by atoms with Gasteiger partial charge in [-0.2, -0.15) is 0 Å². The van der Waals surface area contributed by atoms with Crippen molar-refractivity contribution in [1.29, 1.82) is 0 Å². The Bertz CT molecular complexity index is 169. The van der Waals surface area contributed by atoms with E-state index in [0.717, 1.165) is 5.92 Å². The second-order valence-corrected chi connectivity index (χ2v) is 5.02. The van der Waals surface area contributed by atoms with Crippen molar-refractivity contribution in [2.24, 2.45) is 5.92 Å². The zero-order valence-electron chi connectivity index (χ0n) is 10.2. The molecule has 3 nitrogen and oxygen atoms in total. The van der Waals surface area contributed by atoms with E-state index >= 15 is 0 Å². The molecule has 0 spiro atoms. The van der Waals surface area contributed by atoms with Crippen LogP contribution < -0.4 is 5.32 Å². The van der Waals surface area contributed by atoms with Crippen LogP contribution in [0.1, 0.15) is 40.0 Å². The second-order valence-electron chi connectivity index (χ2n) is 5.02. The van der Waals surface area contributed by atoms with E-state index in [-0.39, 0.29) is 12.2 Å². The highest BCUT2D eigenvalue weighted by molar-refractivity contribution is 4.78. The summed E-state index contributed by atoms with van der Waals surface area (Å²) in [7, 11) is 0. The van der Waals surface area contributed by atoms with Gasteiger partial charge in [0.15, 0.2) is 0 Å². The maximum Gasteiger partial charge on any atom is 0.0897 e. The van der Waals surface area contributed by atoms with Gasteiger partial charge in [0.25, 0.3) is 0 Å². The molecular weight excluding hydrogens is 190 g/mol. The van der Waals surface area contributed by atoms with Crippen LogP contribution in [0.25, 0.3) is 0 Å². The highest BCUT2D eigenvalue weighted by atomic mass is 16.5. The molecule has 0 radical (unpaired) electrons. The molecule has 0 aromatic heterocycles. The Morgan fingerprint density at radius 3 is 2.53 bits per heavy atom. The lowest BCUT2D eigenvalue weighted by Crippen LogP contribution is -2.36. The molecule has 0 amide bonds. The Hall–Kier alpha value is -0.120. The van der Waals surface area contributed by atoms with E-state index in [4.69, 9.17) is 4.74 Å². The molecule has 90 valence electrons. The lowest BCUT2D eigenvalue weighted by Gasteiger charge is -2.18. The van der Waals surface area contributed by atoms with E-state index in [1.807, 2.05) is 13.8 Å². The minimum atomic E-state index is -0.381. The van der Waals surface area contributed by atoms with Gasteiger partial charge in [0.2, 0.25) is 0 Å². The molecule has 0 bridgehead atoms. The number of ether oxygens (including phenoxy) is 1. The molecule has 1 aliphatic carbocycles. The van der Waals surface area contributed by atoms with Crippen molar-refractivity contribution >= 4 is 0 Å². The van der Waals surface area contributed by atoms with Crippen LogP contribution in [-0.4, -0.2) is 36.5 Å². The summed E-state index contributed by atoms with van der Waals surface area (Å²) in [5, 5.41) is 13.0. The molecule has 1 saturated carbocycles. The number of rotatable bonds is 8. The topological polar surface area (TPSA) is 41.5 Å². The fourth-order valence-electron chi connectivity index (χ4n) is 1.64. The first-order chi connectivity index (χ1) is 7.08. The lowest BCUT2D eigenvalue weighted by atomic mass is 10.1. The fourth-order valence-corrected chi connectivity index (χ4v) is 1.64. The summed E-state index contributed by atoms with van der Waals surface area (Å²) in [6.45, 7) is 7.22. The van der Waals surface area contributed by atoms with Crippen molar-refractivity contribution in [3.63, 3.8) is 0 Å². The molecule has 15 heavy (non-hydrogen) atoms. The molecule has 0 heterocycles. The predicted molar refractivity (Wildman–Crippen MR) is 61.9 cm³/mol. The largest absolute Gasteiger partial charge is 0.389 e. The van der Waals surface area contributed by atoms with Crippen molar-refractivity contribution < 1.29 is 9.84 Å². The van der Waals surface area contributed by atoms with Gasteiger partial charge in [-0.3, -0.25) is 0 Å². The third-order valence-electron chi connectivity index (χ3n) is 2.71. The standard InChI is InChI=1S/C12H25NO2/c1-9(2)15-8-12(14)7-13-10(3)6-11-4-5-11/h9-14H,4-8H2,1-3H3. The van der Waals surface area contributed by atoms with Gasteiger partial charge in [-0.1, -0.05) is 12.8 Å². The van der Waals surface area contributed by atoms with Crippen molar-refractivity contribution in [1.82, 2.24) is 5.32 Å². The van der Waals surface area contributed by atoms with E-state index in [1.165, 1.54) is 19.3 Å². The lowest BCUT2D eigenvalue weighted by molar-refractivity contribution is 0.00550. The van der Waals surface area contributed by atoms with Crippen LogP contribution in [0.2, 0.25) is 0 Å². The minimum absolute atomic E-state index is 0.198. The highest BCUT2D eigenvalue weighted by Crippen LogP contribution is 2.33. The second kappa shape index (κ2) is 6.46. The molecule has 2 unspecified atom stereocenters. The predicted octanol–water partition coefficient (Wildman–Crippen LogP) is 1.55. The molecule has 1 rings (SSSR count). The van der Waals surface area contributed by atoms with Crippen molar-refractivity contribution in [2.45, 2.75) is 58.3 Å². The van der Waals surface area contributed by atoms with Crippen LogP contribution in [0.4, 0.5) is 0 Å². The molecule has 1 fully saturated rings. The number of hydrogen-bond donors (Lipinski definition) is 2. The quantitative estimate of drug-likeness (QED) is 0.645. The SMILES string of the molecule is CC(CC1CC1)NCC(O)COC(C)C. The van der Waals surface area contributed by atoms with E-state index < -0.39 is 0 Å². The zero-order chi connectivity index (χ0) is 11.3. The van der Waals surface area contributed by atoms with Crippen LogP contribution in [0.5, 0.6) is 0 Å². The Morgan fingerprint density at radius 2 is 2.00 bits per heavy atom. The third kappa shape index (κ3) is 6.88. The molecule has 0 saturated heterocycles. The smallest absolute Gasteiger partial charge is 0.0897 e. The average Bonchev–Trinajstić information content (AvgIpc) is 2.95. The van der Waals surface area contributed by atoms with Gasteiger partial charge in [-0.25, -0.2) is 0 Å². The van der Waals surface area contributed by atoms with Crippen LogP contribution in [0.3, 0.4) is 0 Å². The van der Waals surface area contributed by atoms with Gasteiger partial charge in [-0.15, -0.1) is 0 Å². The van der Waals surface area contributed by atoms with Crippen LogP contribution in [0, 0.1) is 5.92 Å². The number of hydrogen-bond acceptors (Lipinski definition) is 3. The molecule has 2 N–H and O–H groups in total. The van der Waals surface area contributed by atoms with Gasteiger partial charge in [0, 0.05) is 12.6 Å². The van der Waals surface area contributed by atoms with Gasteiger partial charge in [0.05, 0.1) is 18.8 Å². The summed E-state index contributed by atoms with van der Waals surface area (Å²) in [6, 6.07) is 0.520. The summed E-state index contributed by atoms with van der Waals surface area (Å²) < 4.78 is 5.34. The maximum atomic E-state index is 9.61. The average molecular weight is 215 g/mol. The monoisotopic (exact) mass is 215 g/mol. The van der Waals surface area contributed by atoms with Crippen molar-refractivity contribution in [3.05, 3.63) is 0 Å². The third-order valence-corrected chi connectivity index (χ3v) is 2.71. The van der Waals surface area contributed by atoms with Gasteiger partial charge in [0.1, 0.15) is 0 Å². The molecule has 0 aliphatic heterocycles. The number of nitrogens with one attached hydrogen (secondary N) is 1. The van der Waals surface area contributed by atoms with Crippen LogP contribution in [-0.2, 0) is 4.74 Å². The normalized spacial score (nSPS) is 20.6. The van der Waals surface area contributed by atoms with Crippen molar-refractivity contribution in [2.75, 3.05) is 13.2 Å². The first-order valence-corrected chi connectivity index (χ1v) is 6.11. The van der Waals surface area contributed by atoms with Gasteiger partial charge in [-0.05, 0) is 33.1 Å². The van der Waals surface area contributed by atoms with Gasteiger partial charge < -0.3 is 15.2 Å². The molecule has 0 aromatic rings. The fraction of sp³-hybridized carbons (Fsp3) is 1.00. The van der Waals surface area contributed by atoms with E-state index in [2.05, 4.69) is 12.2 Å². The molecular formula is C12H25NO2. The van der Waals surface area contributed by atoms with Crippen molar-refractivity contribution in [3.8, 4) is 0 Å². The molecule has 0 aromatic carbocycles. The Balaban J connectivity index is 1.96.